The molecular weight excluding hydrogens is 206 g/mol. The Morgan fingerprint density at radius 2 is 1.81 bits per heavy atom. The quantitative estimate of drug-likeness (QED) is 0.550. The molecule has 0 aliphatic heterocycles. The molecule has 0 atom stereocenters. The van der Waals surface area contributed by atoms with E-state index in [0.29, 0.717) is 6.42 Å². The molecule has 0 rings (SSSR count). The van der Waals surface area contributed by atoms with Gasteiger partial charge in [-0.3, -0.25) is 0 Å². The first-order valence-corrected chi connectivity index (χ1v) is 5.64. The van der Waals surface area contributed by atoms with E-state index in [1.807, 2.05) is 0 Å². The number of rotatable bonds is 9. The molecule has 0 heterocycles. The van der Waals surface area contributed by atoms with Crippen LogP contribution >= 0.6 is 0 Å². The van der Waals surface area contributed by atoms with Gasteiger partial charge in [-0.25, -0.2) is 0 Å². The number of ether oxygens (including phenoxy) is 1. The van der Waals surface area contributed by atoms with Crippen LogP contribution in [0.2, 0.25) is 0 Å². The number of carbonyl (C=O) groups is 1. The highest BCUT2D eigenvalue weighted by molar-refractivity contribution is 5.64. The van der Waals surface area contributed by atoms with Gasteiger partial charge in [0.25, 0.3) is 0 Å². The fraction of sp³-hybridized carbons (Fsp3) is 0.917. The minimum Gasteiger partial charge on any atom is -0.550 e. The normalized spacial score (nSPS) is 10.9. The lowest BCUT2D eigenvalue weighted by Crippen LogP contribution is -2.50. The number of nitrogens with zero attached hydrogens (tertiary/aromatic N) is 1. The molecule has 0 saturated heterocycles. The van der Waals surface area contributed by atoms with Gasteiger partial charge in [0.1, 0.15) is 6.54 Å². The fourth-order valence-corrected chi connectivity index (χ4v) is 1.81. The third-order valence-corrected chi connectivity index (χ3v) is 3.12. The Morgan fingerprint density at radius 3 is 2.19 bits per heavy atom. The molecule has 0 aliphatic carbocycles. The van der Waals surface area contributed by atoms with Crippen molar-refractivity contribution in [2.75, 3.05) is 39.9 Å². The van der Waals surface area contributed by atoms with E-state index in [1.54, 1.807) is 7.11 Å². The van der Waals surface area contributed by atoms with Gasteiger partial charge in [0.05, 0.1) is 26.2 Å². The van der Waals surface area contributed by atoms with Crippen molar-refractivity contribution in [3.05, 3.63) is 0 Å². The van der Waals surface area contributed by atoms with Crippen molar-refractivity contribution in [2.24, 2.45) is 0 Å². The lowest BCUT2D eigenvalue weighted by Gasteiger charge is -2.36. The largest absolute Gasteiger partial charge is 0.550 e. The maximum Gasteiger partial charge on any atom is 0.102 e. The van der Waals surface area contributed by atoms with Gasteiger partial charge in [-0.15, -0.1) is 0 Å². The molecule has 16 heavy (non-hydrogen) atoms. The van der Waals surface area contributed by atoms with E-state index < -0.39 is 5.97 Å². The number of carboxylic acid groups (broad SMARTS) is 1. The summed E-state index contributed by atoms with van der Waals surface area (Å²) in [5, 5.41) is 10.3. The Balaban J connectivity index is 0. The number of aliphatic carboxylic acids is 1. The van der Waals surface area contributed by atoms with Crippen molar-refractivity contribution >= 4 is 5.97 Å². The fourth-order valence-electron chi connectivity index (χ4n) is 1.81. The SMILES string of the molecule is C.CC[N+](CC)(CCCC(=O)[O-])CCOC. The summed E-state index contributed by atoms with van der Waals surface area (Å²) in [6.45, 7) is 8.89. The van der Waals surface area contributed by atoms with Gasteiger partial charge in [-0.05, 0) is 20.3 Å². The summed E-state index contributed by atoms with van der Waals surface area (Å²) >= 11 is 0. The van der Waals surface area contributed by atoms with Crippen molar-refractivity contribution in [1.82, 2.24) is 0 Å². The smallest absolute Gasteiger partial charge is 0.102 e. The summed E-state index contributed by atoms with van der Waals surface area (Å²) in [6, 6.07) is 0. The molecule has 0 aromatic heterocycles. The van der Waals surface area contributed by atoms with Gasteiger partial charge in [-0.2, -0.15) is 0 Å². The summed E-state index contributed by atoms with van der Waals surface area (Å²) in [5.74, 6) is -0.952. The van der Waals surface area contributed by atoms with Crippen LogP contribution < -0.4 is 5.11 Å². The lowest BCUT2D eigenvalue weighted by atomic mass is 10.2. The van der Waals surface area contributed by atoms with Crippen molar-refractivity contribution in [3.8, 4) is 0 Å². The van der Waals surface area contributed by atoms with Crippen LogP contribution in [0.1, 0.15) is 34.1 Å². The van der Waals surface area contributed by atoms with E-state index in [2.05, 4.69) is 13.8 Å². The molecule has 0 amide bonds. The third-order valence-electron chi connectivity index (χ3n) is 3.12. The molecule has 0 unspecified atom stereocenters. The maximum atomic E-state index is 10.3. The molecule has 0 bridgehead atoms. The van der Waals surface area contributed by atoms with Crippen molar-refractivity contribution in [3.63, 3.8) is 0 Å². The van der Waals surface area contributed by atoms with Gasteiger partial charge in [0, 0.05) is 19.5 Å². The van der Waals surface area contributed by atoms with E-state index in [0.717, 1.165) is 37.3 Å². The molecule has 4 nitrogen and oxygen atoms in total. The molecule has 0 spiro atoms. The number of hydrogen-bond acceptors (Lipinski definition) is 3. The minimum atomic E-state index is -0.952. The molecule has 0 radical (unpaired) electrons. The number of carbonyl (C=O) groups excluding carboxylic acids is 1. The van der Waals surface area contributed by atoms with E-state index in [9.17, 15) is 9.90 Å². The monoisotopic (exact) mass is 233 g/mol. The molecule has 0 fully saturated rings. The van der Waals surface area contributed by atoms with E-state index in [1.165, 1.54) is 0 Å². The Morgan fingerprint density at radius 1 is 1.25 bits per heavy atom. The maximum absolute atomic E-state index is 10.3. The molecule has 0 N–H and O–H groups in total. The van der Waals surface area contributed by atoms with E-state index in [-0.39, 0.29) is 13.8 Å². The Hall–Kier alpha value is -0.610. The molecule has 98 valence electrons. The summed E-state index contributed by atoms with van der Waals surface area (Å²) in [7, 11) is 1.70. The van der Waals surface area contributed by atoms with Crippen LogP contribution in [0.3, 0.4) is 0 Å². The average Bonchev–Trinajstić information content (AvgIpc) is 2.23. The van der Waals surface area contributed by atoms with Gasteiger partial charge >= 0.3 is 0 Å². The summed E-state index contributed by atoms with van der Waals surface area (Å²) in [6.07, 6.45) is 0.848. The topological polar surface area (TPSA) is 49.4 Å². The zero-order valence-corrected chi connectivity index (χ0v) is 10.1. The van der Waals surface area contributed by atoms with Gasteiger partial charge in [-0.1, -0.05) is 7.43 Å². The van der Waals surface area contributed by atoms with Crippen LogP contribution in [-0.2, 0) is 9.53 Å². The highest BCUT2D eigenvalue weighted by Gasteiger charge is 2.21. The molecule has 0 aliphatic rings. The summed E-state index contributed by atoms with van der Waals surface area (Å²) in [4.78, 5) is 10.3. The van der Waals surface area contributed by atoms with Crippen LogP contribution in [0.4, 0.5) is 0 Å². The Labute approximate surface area is 99.8 Å². The molecule has 4 heteroatoms. The molecular formula is C12H27NO3. The van der Waals surface area contributed by atoms with Crippen LogP contribution in [0.25, 0.3) is 0 Å². The highest BCUT2D eigenvalue weighted by Crippen LogP contribution is 2.08. The Kier molecular flexibility index (Phi) is 10.7. The van der Waals surface area contributed by atoms with Gasteiger partial charge < -0.3 is 19.1 Å². The predicted molar refractivity (Wildman–Crippen MR) is 63.9 cm³/mol. The average molecular weight is 233 g/mol. The second kappa shape index (κ2) is 9.60. The van der Waals surface area contributed by atoms with Crippen molar-refractivity contribution in [2.45, 2.75) is 34.1 Å². The number of carboxylic acids is 1. The first-order valence-electron chi connectivity index (χ1n) is 5.64. The first kappa shape index (κ1) is 17.8. The highest BCUT2D eigenvalue weighted by atomic mass is 16.5. The number of likely N-dealkylation sites (N-methyl/N-ethyl adjacent to an activating group) is 1. The Bertz CT molecular complexity index is 179. The van der Waals surface area contributed by atoms with Crippen molar-refractivity contribution < 1.29 is 19.1 Å². The molecule has 0 aromatic carbocycles. The van der Waals surface area contributed by atoms with E-state index >= 15 is 0 Å². The number of quaternary nitrogens is 1. The number of methoxy groups -OCH3 is 1. The van der Waals surface area contributed by atoms with Crippen LogP contribution in [0.15, 0.2) is 0 Å². The van der Waals surface area contributed by atoms with Gasteiger partial charge in [0.2, 0.25) is 0 Å². The zero-order chi connectivity index (χ0) is 11.7. The van der Waals surface area contributed by atoms with Crippen LogP contribution in [0.5, 0.6) is 0 Å². The summed E-state index contributed by atoms with van der Waals surface area (Å²) in [5.41, 5.74) is 0. The molecule has 0 aromatic rings. The lowest BCUT2D eigenvalue weighted by molar-refractivity contribution is -0.925. The van der Waals surface area contributed by atoms with Crippen LogP contribution in [0, 0.1) is 0 Å². The summed E-state index contributed by atoms with van der Waals surface area (Å²) < 4.78 is 6.02. The third kappa shape index (κ3) is 6.80. The second-order valence-corrected chi connectivity index (χ2v) is 3.89. The molecule has 0 saturated carbocycles. The second-order valence-electron chi connectivity index (χ2n) is 3.89. The zero-order valence-electron chi connectivity index (χ0n) is 10.1. The van der Waals surface area contributed by atoms with Crippen LogP contribution in [-0.4, -0.2) is 50.3 Å². The standard InChI is InChI=1S/C11H23NO3.CH4/c1-4-12(5-2,9-10-15-3)8-6-7-11(13)14;/h4-10H2,1-3H3;1H4. The van der Waals surface area contributed by atoms with Gasteiger partial charge in [0.15, 0.2) is 0 Å². The van der Waals surface area contributed by atoms with E-state index in [4.69, 9.17) is 4.74 Å². The van der Waals surface area contributed by atoms with Crippen molar-refractivity contribution in [1.29, 1.82) is 0 Å². The number of hydrogen-bond donors (Lipinski definition) is 0. The minimum absolute atomic E-state index is 0. The first-order chi connectivity index (χ1) is 7.10. The predicted octanol–water partition coefficient (Wildman–Crippen LogP) is 0.656.